The lowest BCUT2D eigenvalue weighted by Gasteiger charge is -2.24. The van der Waals surface area contributed by atoms with Gasteiger partial charge in [-0.2, -0.15) is 0 Å². The number of hydrogen-bond acceptors (Lipinski definition) is 5. The molecular weight excluding hydrogens is 272 g/mol. The van der Waals surface area contributed by atoms with Gasteiger partial charge in [-0.1, -0.05) is 30.3 Å². The van der Waals surface area contributed by atoms with E-state index in [1.165, 1.54) is 6.92 Å². The SMILES string of the molecule is CC(=O)[C@H]1OC2OC(C)(C)OC2[C@H]1OCc1ccccc1. The second-order valence-corrected chi connectivity index (χ2v) is 5.90. The lowest BCUT2D eigenvalue weighted by Crippen LogP contribution is -2.39. The van der Waals surface area contributed by atoms with E-state index in [0.29, 0.717) is 6.61 Å². The van der Waals surface area contributed by atoms with Crippen molar-refractivity contribution in [1.29, 1.82) is 0 Å². The van der Waals surface area contributed by atoms with Gasteiger partial charge in [-0.15, -0.1) is 0 Å². The van der Waals surface area contributed by atoms with Gasteiger partial charge in [0.15, 0.2) is 17.9 Å². The standard InChI is InChI=1S/C16H20O5/c1-10(17)12-13(18-9-11-7-5-4-6-8-11)14-15(19-12)21-16(2,3)20-14/h4-8,12-15H,9H2,1-3H3/t12-,13+,14?,15?/m1/s1. The monoisotopic (exact) mass is 292 g/mol. The van der Waals surface area contributed by atoms with Crippen molar-refractivity contribution in [3.8, 4) is 0 Å². The summed E-state index contributed by atoms with van der Waals surface area (Å²) in [6.07, 6.45) is -2.01. The van der Waals surface area contributed by atoms with Crippen molar-refractivity contribution in [2.75, 3.05) is 0 Å². The topological polar surface area (TPSA) is 54.0 Å². The van der Waals surface area contributed by atoms with Gasteiger partial charge in [0.25, 0.3) is 0 Å². The van der Waals surface area contributed by atoms with Crippen LogP contribution in [0.15, 0.2) is 30.3 Å². The van der Waals surface area contributed by atoms with Crippen molar-refractivity contribution in [2.45, 2.75) is 57.8 Å². The van der Waals surface area contributed by atoms with Crippen LogP contribution in [0.25, 0.3) is 0 Å². The third kappa shape index (κ3) is 3.01. The fraction of sp³-hybridized carbons (Fsp3) is 0.562. The molecule has 21 heavy (non-hydrogen) atoms. The molecule has 5 nitrogen and oxygen atoms in total. The Bertz CT molecular complexity index is 513. The van der Waals surface area contributed by atoms with E-state index in [0.717, 1.165) is 5.56 Å². The van der Waals surface area contributed by atoms with Crippen LogP contribution in [0, 0.1) is 0 Å². The predicted octanol–water partition coefficient (Wildman–Crippen LogP) is 2.04. The number of carbonyl (C=O) groups is 1. The highest BCUT2D eigenvalue weighted by molar-refractivity contribution is 5.81. The van der Waals surface area contributed by atoms with E-state index in [-0.39, 0.29) is 11.9 Å². The summed E-state index contributed by atoms with van der Waals surface area (Å²) in [6.45, 7) is 5.55. The number of fused-ring (bicyclic) bond motifs is 1. The zero-order valence-corrected chi connectivity index (χ0v) is 12.4. The summed E-state index contributed by atoms with van der Waals surface area (Å²) in [5.74, 6) is -0.793. The van der Waals surface area contributed by atoms with Crippen molar-refractivity contribution < 1.29 is 23.7 Å². The third-order valence-electron chi connectivity index (χ3n) is 3.68. The Labute approximate surface area is 124 Å². The molecule has 0 bridgehead atoms. The van der Waals surface area contributed by atoms with Crippen molar-refractivity contribution >= 4 is 5.78 Å². The molecule has 2 unspecified atom stereocenters. The minimum atomic E-state index is -0.717. The zero-order valence-electron chi connectivity index (χ0n) is 12.4. The summed E-state index contributed by atoms with van der Waals surface area (Å²) in [5, 5.41) is 0. The largest absolute Gasteiger partial charge is 0.367 e. The second-order valence-electron chi connectivity index (χ2n) is 5.90. The predicted molar refractivity (Wildman–Crippen MR) is 74.4 cm³/mol. The van der Waals surface area contributed by atoms with Gasteiger partial charge < -0.3 is 18.9 Å². The summed E-state index contributed by atoms with van der Waals surface area (Å²) < 4.78 is 23.1. The maximum Gasteiger partial charge on any atom is 0.190 e. The lowest BCUT2D eigenvalue weighted by molar-refractivity contribution is -0.218. The molecule has 4 atom stereocenters. The molecule has 1 aromatic rings. The van der Waals surface area contributed by atoms with Gasteiger partial charge in [-0.05, 0) is 26.3 Å². The van der Waals surface area contributed by atoms with Crippen LogP contribution in [0.3, 0.4) is 0 Å². The summed E-state index contributed by atoms with van der Waals surface area (Å²) in [4.78, 5) is 11.7. The van der Waals surface area contributed by atoms with E-state index >= 15 is 0 Å². The molecule has 0 aromatic heterocycles. The van der Waals surface area contributed by atoms with E-state index in [2.05, 4.69) is 0 Å². The number of Topliss-reactive ketones (excluding diaryl/α,β-unsaturated/α-hetero) is 1. The van der Waals surface area contributed by atoms with Gasteiger partial charge in [-0.3, -0.25) is 4.79 Å². The summed E-state index contributed by atoms with van der Waals surface area (Å²) >= 11 is 0. The smallest absolute Gasteiger partial charge is 0.190 e. The molecule has 2 aliphatic heterocycles. The van der Waals surface area contributed by atoms with Crippen LogP contribution in [-0.2, 0) is 30.3 Å². The third-order valence-corrected chi connectivity index (χ3v) is 3.68. The van der Waals surface area contributed by atoms with E-state index in [1.807, 2.05) is 44.2 Å². The van der Waals surface area contributed by atoms with E-state index in [1.54, 1.807) is 0 Å². The molecule has 2 aliphatic rings. The van der Waals surface area contributed by atoms with E-state index in [9.17, 15) is 4.79 Å². The first-order valence-corrected chi connectivity index (χ1v) is 7.13. The van der Waals surface area contributed by atoms with Gasteiger partial charge in [-0.25, -0.2) is 0 Å². The Balaban J connectivity index is 1.72. The summed E-state index contributed by atoms with van der Waals surface area (Å²) in [7, 11) is 0. The molecule has 2 heterocycles. The molecule has 0 aliphatic carbocycles. The molecule has 0 radical (unpaired) electrons. The van der Waals surface area contributed by atoms with E-state index < -0.39 is 24.3 Å². The van der Waals surface area contributed by atoms with Crippen LogP contribution in [0.4, 0.5) is 0 Å². The molecule has 1 aromatic carbocycles. The first-order chi connectivity index (χ1) is 9.96. The maximum absolute atomic E-state index is 11.7. The Kier molecular flexibility index (Phi) is 3.84. The number of ketones is 1. The number of carbonyl (C=O) groups excluding carboxylic acids is 1. The van der Waals surface area contributed by atoms with Crippen molar-refractivity contribution in [1.82, 2.24) is 0 Å². The Morgan fingerprint density at radius 3 is 2.62 bits per heavy atom. The summed E-state index contributed by atoms with van der Waals surface area (Å²) in [6, 6.07) is 9.81. The highest BCUT2D eigenvalue weighted by atomic mass is 16.8. The average molecular weight is 292 g/mol. The lowest BCUT2D eigenvalue weighted by atomic mass is 10.1. The zero-order chi connectivity index (χ0) is 15.0. The van der Waals surface area contributed by atoms with Crippen LogP contribution in [0.5, 0.6) is 0 Å². The molecule has 0 amide bonds. The van der Waals surface area contributed by atoms with Gasteiger partial charge in [0.2, 0.25) is 0 Å². The van der Waals surface area contributed by atoms with Crippen molar-refractivity contribution in [2.24, 2.45) is 0 Å². The van der Waals surface area contributed by atoms with E-state index in [4.69, 9.17) is 18.9 Å². The second kappa shape index (κ2) is 5.50. The minimum absolute atomic E-state index is 0.0764. The Morgan fingerprint density at radius 1 is 1.24 bits per heavy atom. The molecule has 0 saturated carbocycles. The van der Waals surface area contributed by atoms with Gasteiger partial charge in [0.05, 0.1) is 6.61 Å². The summed E-state index contributed by atoms with van der Waals surface area (Å²) in [5.41, 5.74) is 1.04. The normalized spacial score (nSPS) is 33.9. The molecule has 0 spiro atoms. The first kappa shape index (κ1) is 14.7. The molecule has 5 heteroatoms. The molecule has 114 valence electrons. The number of ether oxygens (including phenoxy) is 4. The Morgan fingerprint density at radius 2 is 1.95 bits per heavy atom. The number of rotatable bonds is 4. The Hall–Kier alpha value is -1.27. The minimum Gasteiger partial charge on any atom is -0.367 e. The van der Waals surface area contributed by atoms with Gasteiger partial charge in [0.1, 0.15) is 18.3 Å². The molecule has 2 fully saturated rings. The molecular formula is C16H20O5. The molecule has 2 saturated heterocycles. The fourth-order valence-electron chi connectivity index (χ4n) is 2.76. The molecule has 0 N–H and O–H groups in total. The highest BCUT2D eigenvalue weighted by Gasteiger charge is 2.56. The average Bonchev–Trinajstić information content (AvgIpc) is 2.90. The highest BCUT2D eigenvalue weighted by Crippen LogP contribution is 2.39. The van der Waals surface area contributed by atoms with Crippen molar-refractivity contribution in [3.63, 3.8) is 0 Å². The van der Waals surface area contributed by atoms with Crippen LogP contribution in [-0.4, -0.2) is 36.2 Å². The van der Waals surface area contributed by atoms with Crippen LogP contribution in [0.1, 0.15) is 26.3 Å². The maximum atomic E-state index is 11.7. The first-order valence-electron chi connectivity index (χ1n) is 7.13. The van der Waals surface area contributed by atoms with Crippen LogP contribution >= 0.6 is 0 Å². The van der Waals surface area contributed by atoms with Crippen LogP contribution < -0.4 is 0 Å². The fourth-order valence-corrected chi connectivity index (χ4v) is 2.76. The van der Waals surface area contributed by atoms with Gasteiger partial charge >= 0.3 is 0 Å². The van der Waals surface area contributed by atoms with Crippen molar-refractivity contribution in [3.05, 3.63) is 35.9 Å². The number of benzene rings is 1. The number of hydrogen-bond donors (Lipinski definition) is 0. The van der Waals surface area contributed by atoms with Crippen LogP contribution in [0.2, 0.25) is 0 Å². The quantitative estimate of drug-likeness (QED) is 0.850. The molecule has 3 rings (SSSR count). The van der Waals surface area contributed by atoms with Gasteiger partial charge in [0, 0.05) is 0 Å².